The van der Waals surface area contributed by atoms with Crippen LogP contribution in [0, 0.1) is 56.7 Å². The smallest absolute Gasteiger partial charge is 0.314 e. The molecule has 314 valence electrons. The first-order valence-corrected chi connectivity index (χ1v) is 22.3. The quantitative estimate of drug-likeness (QED) is 0.175. The number of hydrogen-bond acceptors (Lipinski definition) is 7. The van der Waals surface area contributed by atoms with E-state index in [0.29, 0.717) is 44.0 Å². The third-order valence-electron chi connectivity index (χ3n) is 17.5. The van der Waals surface area contributed by atoms with Gasteiger partial charge in [0.15, 0.2) is 12.1 Å². The topological polar surface area (TPSA) is 80.3 Å². The Hall–Kier alpha value is -3.10. The highest BCUT2D eigenvalue weighted by atomic mass is 16.7. The molecule has 0 radical (unpaired) electrons. The zero-order valence-electron chi connectivity index (χ0n) is 36.3. The lowest BCUT2D eigenvalue weighted by Crippen LogP contribution is -2.68. The molecule has 14 atom stereocenters. The highest BCUT2D eigenvalue weighted by Gasteiger charge is 2.72. The Morgan fingerprint density at radius 2 is 1.50 bits per heavy atom. The standard InChI is InChI=1S/C51H68O7/c1-33-21-24-47(3)27-28-49(5)37(44(47)34(33)2)29-38(52)45-48(4)25-23-42(51(7,46(53)54-8)41(48)22-26-50(45,49)6)58-43-20-19-39(56-31-36-17-13-10-14-18-36)40(57-43)32-55-30-35-15-11-9-12-16-35/h9-20,29,33-34,39-45H,21-28,30-32H2,1-8H3/t33-,34+,39+,40-,41-,42-,43-,44+,45-,47+,48+,49-,50-,51-/m1/s1. The number of esters is 1. The lowest BCUT2D eigenvalue weighted by atomic mass is 9.33. The molecular weight excluding hydrogens is 725 g/mol. The number of carbonyl (C=O) groups excluding carboxylic acids is 2. The molecule has 4 saturated carbocycles. The van der Waals surface area contributed by atoms with E-state index in [2.05, 4.69) is 59.8 Å². The van der Waals surface area contributed by atoms with Crippen LogP contribution in [0.1, 0.15) is 111 Å². The first-order valence-electron chi connectivity index (χ1n) is 22.3. The molecule has 0 unspecified atom stereocenters. The fourth-order valence-electron chi connectivity index (χ4n) is 13.8. The summed E-state index contributed by atoms with van der Waals surface area (Å²) in [6, 6.07) is 20.2. The van der Waals surface area contributed by atoms with E-state index in [1.807, 2.05) is 67.6 Å². The number of ketones is 1. The second-order valence-electron chi connectivity index (χ2n) is 20.4. The summed E-state index contributed by atoms with van der Waals surface area (Å²) < 4.78 is 31.9. The Bertz CT molecular complexity index is 1870. The van der Waals surface area contributed by atoms with Crippen LogP contribution < -0.4 is 0 Å². The number of methoxy groups -OCH3 is 1. The second kappa shape index (κ2) is 15.7. The predicted octanol–water partition coefficient (Wildman–Crippen LogP) is 10.5. The van der Waals surface area contributed by atoms with E-state index >= 15 is 4.79 Å². The van der Waals surface area contributed by atoms with Crippen LogP contribution in [0.2, 0.25) is 0 Å². The van der Waals surface area contributed by atoms with Gasteiger partial charge in [-0.3, -0.25) is 9.59 Å². The van der Waals surface area contributed by atoms with E-state index in [1.165, 1.54) is 31.9 Å². The minimum Gasteiger partial charge on any atom is -0.469 e. The zero-order valence-corrected chi connectivity index (χ0v) is 36.3. The van der Waals surface area contributed by atoms with Crippen LogP contribution in [0.4, 0.5) is 0 Å². The number of rotatable bonds is 10. The molecule has 4 fully saturated rings. The first kappa shape index (κ1) is 41.6. The van der Waals surface area contributed by atoms with Crippen molar-refractivity contribution in [1.82, 2.24) is 0 Å². The van der Waals surface area contributed by atoms with Gasteiger partial charge in [-0.15, -0.1) is 0 Å². The van der Waals surface area contributed by atoms with Gasteiger partial charge in [0.25, 0.3) is 0 Å². The Labute approximate surface area is 347 Å². The van der Waals surface area contributed by atoms with Gasteiger partial charge in [-0.1, -0.05) is 114 Å². The number of ether oxygens (including phenoxy) is 5. The van der Waals surface area contributed by atoms with Gasteiger partial charge in [-0.2, -0.15) is 0 Å². The van der Waals surface area contributed by atoms with Gasteiger partial charge >= 0.3 is 5.97 Å². The molecule has 1 heterocycles. The molecule has 8 rings (SSSR count). The van der Waals surface area contributed by atoms with E-state index in [4.69, 9.17) is 23.7 Å². The van der Waals surface area contributed by atoms with Crippen molar-refractivity contribution in [2.75, 3.05) is 13.7 Å². The van der Waals surface area contributed by atoms with Crippen molar-refractivity contribution in [1.29, 1.82) is 0 Å². The molecule has 0 amide bonds. The van der Waals surface area contributed by atoms with Crippen molar-refractivity contribution in [2.45, 2.75) is 138 Å². The number of fused-ring (bicyclic) bond motifs is 7. The van der Waals surface area contributed by atoms with Gasteiger partial charge in [-0.05, 0) is 127 Å². The fraction of sp³-hybridized carbons (Fsp3) is 0.647. The van der Waals surface area contributed by atoms with Gasteiger partial charge in [0.2, 0.25) is 0 Å². The van der Waals surface area contributed by atoms with Crippen LogP contribution in [0.25, 0.3) is 0 Å². The lowest BCUT2D eigenvalue weighted by Gasteiger charge is -2.70. The summed E-state index contributed by atoms with van der Waals surface area (Å²) in [7, 11) is 1.49. The van der Waals surface area contributed by atoms with Crippen molar-refractivity contribution < 1.29 is 33.3 Å². The van der Waals surface area contributed by atoms with Gasteiger partial charge < -0.3 is 23.7 Å². The van der Waals surface area contributed by atoms with E-state index in [-0.39, 0.29) is 45.9 Å². The number of carbonyl (C=O) groups is 2. The van der Waals surface area contributed by atoms with E-state index in [1.54, 1.807) is 0 Å². The Balaban J connectivity index is 1.05. The average molecular weight is 793 g/mol. The molecule has 2 aromatic rings. The average Bonchev–Trinajstić information content (AvgIpc) is 3.21. The molecule has 5 aliphatic carbocycles. The summed E-state index contributed by atoms with van der Waals surface area (Å²) in [4.78, 5) is 29.3. The van der Waals surface area contributed by atoms with Crippen LogP contribution in [0.15, 0.2) is 84.5 Å². The molecular formula is C51H68O7. The molecule has 6 aliphatic rings. The molecule has 7 nitrogen and oxygen atoms in total. The van der Waals surface area contributed by atoms with Gasteiger partial charge in [-0.25, -0.2) is 0 Å². The highest BCUT2D eigenvalue weighted by molar-refractivity contribution is 5.96. The molecule has 0 aromatic heterocycles. The minimum atomic E-state index is -0.982. The largest absolute Gasteiger partial charge is 0.469 e. The predicted molar refractivity (Wildman–Crippen MR) is 225 cm³/mol. The molecule has 2 aromatic carbocycles. The summed E-state index contributed by atoms with van der Waals surface area (Å²) >= 11 is 0. The third-order valence-corrected chi connectivity index (χ3v) is 17.5. The summed E-state index contributed by atoms with van der Waals surface area (Å²) in [6.45, 7) is 17.9. The second-order valence-corrected chi connectivity index (χ2v) is 20.4. The zero-order chi connectivity index (χ0) is 41.1. The molecule has 1 aliphatic heterocycles. The third kappa shape index (κ3) is 6.79. The maximum absolute atomic E-state index is 15.0. The van der Waals surface area contributed by atoms with Crippen LogP contribution in [0.5, 0.6) is 0 Å². The van der Waals surface area contributed by atoms with Crippen LogP contribution in [0.3, 0.4) is 0 Å². The highest BCUT2D eigenvalue weighted by Crippen LogP contribution is 2.75. The van der Waals surface area contributed by atoms with Crippen molar-refractivity contribution in [2.24, 2.45) is 56.7 Å². The van der Waals surface area contributed by atoms with E-state index < -0.39 is 29.3 Å². The monoisotopic (exact) mass is 792 g/mol. The van der Waals surface area contributed by atoms with Crippen LogP contribution >= 0.6 is 0 Å². The molecule has 0 bridgehead atoms. The van der Waals surface area contributed by atoms with E-state index in [9.17, 15) is 4.79 Å². The minimum absolute atomic E-state index is 0.0679. The van der Waals surface area contributed by atoms with Crippen LogP contribution in [-0.2, 0) is 46.5 Å². The number of benzene rings is 2. The molecule has 0 saturated heterocycles. The lowest BCUT2D eigenvalue weighted by molar-refractivity contribution is -0.262. The maximum atomic E-state index is 15.0. The van der Waals surface area contributed by atoms with Gasteiger partial charge in [0.1, 0.15) is 12.2 Å². The number of allylic oxidation sites excluding steroid dienone is 2. The Morgan fingerprint density at radius 1 is 0.810 bits per heavy atom. The summed E-state index contributed by atoms with van der Waals surface area (Å²) in [6.07, 6.45) is 12.1. The van der Waals surface area contributed by atoms with Crippen molar-refractivity contribution in [3.05, 3.63) is 95.6 Å². The van der Waals surface area contributed by atoms with Gasteiger partial charge in [0, 0.05) is 5.92 Å². The molecule has 7 heteroatoms. The fourth-order valence-corrected chi connectivity index (χ4v) is 13.8. The summed E-state index contributed by atoms with van der Waals surface area (Å²) in [5.41, 5.74) is 2.19. The van der Waals surface area contributed by atoms with Crippen molar-refractivity contribution in [3.63, 3.8) is 0 Å². The van der Waals surface area contributed by atoms with E-state index in [0.717, 1.165) is 36.8 Å². The Morgan fingerprint density at radius 3 is 2.19 bits per heavy atom. The first-order chi connectivity index (χ1) is 27.7. The molecule has 0 N–H and O–H groups in total. The van der Waals surface area contributed by atoms with Crippen LogP contribution in [-0.4, -0.2) is 50.1 Å². The molecule has 0 spiro atoms. The van der Waals surface area contributed by atoms with Gasteiger partial charge in [0.05, 0.1) is 38.4 Å². The number of hydrogen-bond donors (Lipinski definition) is 0. The van der Waals surface area contributed by atoms with Crippen molar-refractivity contribution in [3.8, 4) is 0 Å². The normalized spacial score (nSPS) is 43.3. The maximum Gasteiger partial charge on any atom is 0.314 e. The SMILES string of the molecule is COC(=O)[C@]1(C)[C@@H]2CC[C@]3(C)[C@H](C(=O)C=C4[C@@H]5[C@@H](C)[C@H](C)CC[C@@]5(C)CC[C@]43C)[C@@]2(C)CC[C@H]1O[C@@H]1C=C[C@H](OCc2ccccc2)[C@@H](COCc2ccccc2)O1. The van der Waals surface area contributed by atoms with Crippen molar-refractivity contribution >= 4 is 11.8 Å². The molecule has 58 heavy (non-hydrogen) atoms. The summed E-state index contributed by atoms with van der Waals surface area (Å²) in [5.74, 6) is 1.36. The summed E-state index contributed by atoms with van der Waals surface area (Å²) in [5, 5.41) is 0. The Kier molecular flexibility index (Phi) is 11.3.